The van der Waals surface area contributed by atoms with E-state index in [9.17, 15) is 15.0 Å². The van der Waals surface area contributed by atoms with Crippen LogP contribution in [0.2, 0.25) is 0 Å². The van der Waals surface area contributed by atoms with Gasteiger partial charge in [-0.3, -0.25) is 4.98 Å². The number of aromatic amines is 1. The number of aromatic hydroxyl groups is 2. The fourth-order valence-corrected chi connectivity index (χ4v) is 3.96. The minimum Gasteiger partial charge on any atom is -0.508 e. The zero-order chi connectivity index (χ0) is 22.2. The summed E-state index contributed by atoms with van der Waals surface area (Å²) in [6.45, 7) is 2.99. The maximum absolute atomic E-state index is 12.3. The topological polar surface area (TPSA) is 116 Å². The Hall–Kier alpha value is -4.17. The second kappa shape index (κ2) is 7.82. The summed E-state index contributed by atoms with van der Waals surface area (Å²) in [6.07, 6.45) is 3.48. The molecule has 0 atom stereocenters. The third-order valence-electron chi connectivity index (χ3n) is 5.61. The van der Waals surface area contributed by atoms with Gasteiger partial charge in [0.1, 0.15) is 11.5 Å². The second-order valence-corrected chi connectivity index (χ2v) is 7.74. The molecule has 0 aliphatic carbocycles. The van der Waals surface area contributed by atoms with Crippen LogP contribution in [0, 0.1) is 6.92 Å². The molecule has 5 aromatic rings. The normalized spacial score (nSPS) is 11.4. The molecule has 0 saturated carbocycles. The highest BCUT2D eigenvalue weighted by Crippen LogP contribution is 2.36. The van der Waals surface area contributed by atoms with Crippen molar-refractivity contribution in [2.24, 2.45) is 0 Å². The summed E-state index contributed by atoms with van der Waals surface area (Å²) < 4.78 is 1.49. The van der Waals surface area contributed by atoms with Crippen molar-refractivity contribution in [1.29, 1.82) is 0 Å². The van der Waals surface area contributed by atoms with Gasteiger partial charge >= 0.3 is 5.69 Å². The van der Waals surface area contributed by atoms with E-state index in [1.54, 1.807) is 42.7 Å². The quantitative estimate of drug-likeness (QED) is 0.342. The third kappa shape index (κ3) is 3.46. The first-order valence-corrected chi connectivity index (χ1v) is 10.2. The van der Waals surface area contributed by atoms with E-state index < -0.39 is 0 Å². The lowest BCUT2D eigenvalue weighted by Crippen LogP contribution is -2.12. The minimum absolute atomic E-state index is 0.0953. The number of H-pyrrole nitrogens is 1. The number of rotatable bonds is 5. The number of phenolic OH excluding ortho intramolecular Hbond substituents is 2. The van der Waals surface area contributed by atoms with Gasteiger partial charge in [0.2, 0.25) is 0 Å². The molecule has 3 aromatic heterocycles. The number of aryl methyl sites for hydroxylation is 1. The minimum atomic E-state index is -0.339. The average Bonchev–Trinajstić information content (AvgIpc) is 3.16. The van der Waals surface area contributed by atoms with E-state index in [-0.39, 0.29) is 17.2 Å². The van der Waals surface area contributed by atoms with Gasteiger partial charge < -0.3 is 15.5 Å². The first-order valence-electron chi connectivity index (χ1n) is 10.2. The van der Waals surface area contributed by atoms with Gasteiger partial charge in [0.15, 0.2) is 5.65 Å². The van der Waals surface area contributed by atoms with Crippen LogP contribution in [0.1, 0.15) is 16.7 Å². The third-order valence-corrected chi connectivity index (χ3v) is 5.61. The molecule has 160 valence electrons. The van der Waals surface area contributed by atoms with E-state index in [2.05, 4.69) is 20.5 Å². The number of fused-ring (bicyclic) bond motifs is 3. The van der Waals surface area contributed by atoms with Crippen LogP contribution < -0.4 is 11.0 Å². The van der Waals surface area contributed by atoms with Crippen molar-refractivity contribution >= 4 is 16.6 Å². The smallest absolute Gasteiger partial charge is 0.348 e. The Morgan fingerprint density at radius 2 is 1.81 bits per heavy atom. The van der Waals surface area contributed by atoms with Crippen molar-refractivity contribution in [3.63, 3.8) is 0 Å². The predicted octanol–water partition coefficient (Wildman–Crippen LogP) is 3.25. The van der Waals surface area contributed by atoms with Gasteiger partial charge in [-0.2, -0.15) is 5.10 Å². The number of hydrogen-bond acceptors (Lipinski definition) is 6. The number of nitrogens with zero attached hydrogens (tertiary/aromatic N) is 3. The van der Waals surface area contributed by atoms with E-state index in [4.69, 9.17) is 0 Å². The lowest BCUT2D eigenvalue weighted by molar-refractivity contribution is 0.464. The van der Waals surface area contributed by atoms with Crippen molar-refractivity contribution in [3.8, 4) is 22.6 Å². The number of phenols is 2. The van der Waals surface area contributed by atoms with E-state index in [0.29, 0.717) is 35.4 Å². The molecule has 0 fully saturated rings. The van der Waals surface area contributed by atoms with Gasteiger partial charge in [0.05, 0.1) is 5.52 Å². The van der Waals surface area contributed by atoms with Crippen LogP contribution in [-0.2, 0) is 13.1 Å². The first-order chi connectivity index (χ1) is 15.5. The number of benzene rings is 2. The highest BCUT2D eigenvalue weighted by molar-refractivity contribution is 5.92. The standard InChI is InChI=1S/C24H21N5O3/c1-14-8-23-27-28-24(32)29(23)20-10-19(22(31)11-18(14)20)16-2-3-21(30)17(9-16)13-26-12-15-4-6-25-7-5-15/h2-11,26,30-31H,12-13H2,1H3,(H,28,32). The van der Waals surface area contributed by atoms with Crippen LogP contribution in [0.15, 0.2) is 65.7 Å². The molecule has 8 nitrogen and oxygen atoms in total. The average molecular weight is 427 g/mol. The Bertz CT molecular complexity index is 1510. The summed E-state index contributed by atoms with van der Waals surface area (Å²) in [5.41, 5.74) is 4.81. The maximum Gasteiger partial charge on any atom is 0.348 e. The van der Waals surface area contributed by atoms with Crippen LogP contribution in [0.4, 0.5) is 0 Å². The van der Waals surface area contributed by atoms with Crippen LogP contribution in [0.3, 0.4) is 0 Å². The summed E-state index contributed by atoms with van der Waals surface area (Å²) >= 11 is 0. The van der Waals surface area contributed by atoms with Crippen molar-refractivity contribution in [3.05, 3.63) is 88.1 Å². The Kier molecular flexibility index (Phi) is 4.84. The zero-order valence-electron chi connectivity index (χ0n) is 17.3. The highest BCUT2D eigenvalue weighted by Gasteiger charge is 2.14. The SMILES string of the molecule is Cc1cc2n[nH]c(=O)n2c2cc(-c3ccc(O)c(CNCc4ccncc4)c3)c(O)cc12. The van der Waals surface area contributed by atoms with Gasteiger partial charge in [0.25, 0.3) is 0 Å². The molecule has 3 heterocycles. The molecule has 4 N–H and O–H groups in total. The van der Waals surface area contributed by atoms with E-state index in [1.807, 2.05) is 25.1 Å². The van der Waals surface area contributed by atoms with Gasteiger partial charge in [-0.1, -0.05) is 6.07 Å². The summed E-state index contributed by atoms with van der Waals surface area (Å²) in [5, 5.41) is 31.7. The monoisotopic (exact) mass is 427 g/mol. The van der Waals surface area contributed by atoms with E-state index >= 15 is 0 Å². The molecule has 8 heteroatoms. The fourth-order valence-electron chi connectivity index (χ4n) is 3.96. The second-order valence-electron chi connectivity index (χ2n) is 7.74. The number of hydrogen-bond donors (Lipinski definition) is 4. The summed E-state index contributed by atoms with van der Waals surface area (Å²) in [4.78, 5) is 16.3. The van der Waals surface area contributed by atoms with Crippen molar-refractivity contribution in [2.75, 3.05) is 0 Å². The van der Waals surface area contributed by atoms with Gasteiger partial charge in [-0.15, -0.1) is 0 Å². The number of aromatic nitrogens is 4. The number of nitrogens with one attached hydrogen (secondary N) is 2. The van der Waals surface area contributed by atoms with Gasteiger partial charge in [-0.05, 0) is 66.1 Å². The molecular formula is C24H21N5O3. The fraction of sp³-hybridized carbons (Fsp3) is 0.125. The lowest BCUT2D eigenvalue weighted by Gasteiger charge is -2.13. The number of pyridine rings is 2. The largest absolute Gasteiger partial charge is 0.508 e. The molecule has 32 heavy (non-hydrogen) atoms. The molecule has 0 aliphatic heterocycles. The molecule has 0 unspecified atom stereocenters. The first kappa shape index (κ1) is 19.8. The Morgan fingerprint density at radius 1 is 1.00 bits per heavy atom. The zero-order valence-corrected chi connectivity index (χ0v) is 17.3. The van der Waals surface area contributed by atoms with E-state index in [0.717, 1.165) is 22.1 Å². The van der Waals surface area contributed by atoms with Gasteiger partial charge in [-0.25, -0.2) is 14.3 Å². The molecule has 0 bridgehead atoms. The molecule has 0 spiro atoms. The molecule has 2 aromatic carbocycles. The molecule has 0 saturated heterocycles. The highest BCUT2D eigenvalue weighted by atomic mass is 16.3. The molecule has 0 radical (unpaired) electrons. The van der Waals surface area contributed by atoms with E-state index in [1.165, 1.54) is 4.40 Å². The molecule has 5 rings (SSSR count). The van der Waals surface area contributed by atoms with Gasteiger partial charge in [0, 0.05) is 42.0 Å². The summed E-state index contributed by atoms with van der Waals surface area (Å²) in [7, 11) is 0. The lowest BCUT2D eigenvalue weighted by atomic mass is 9.98. The summed E-state index contributed by atoms with van der Waals surface area (Å²) in [6, 6.07) is 14.3. The predicted molar refractivity (Wildman–Crippen MR) is 122 cm³/mol. The van der Waals surface area contributed by atoms with Crippen molar-refractivity contribution < 1.29 is 10.2 Å². The molecule has 0 aliphatic rings. The van der Waals surface area contributed by atoms with Crippen LogP contribution in [-0.4, -0.2) is 29.8 Å². The summed E-state index contributed by atoms with van der Waals surface area (Å²) in [5.74, 6) is 0.262. The Balaban J connectivity index is 1.54. The van der Waals surface area contributed by atoms with Crippen LogP contribution >= 0.6 is 0 Å². The molecule has 0 amide bonds. The van der Waals surface area contributed by atoms with Crippen LogP contribution in [0.25, 0.3) is 27.7 Å². The van der Waals surface area contributed by atoms with Crippen molar-refractivity contribution in [1.82, 2.24) is 24.9 Å². The Morgan fingerprint density at radius 3 is 2.62 bits per heavy atom. The van der Waals surface area contributed by atoms with Crippen molar-refractivity contribution in [2.45, 2.75) is 20.0 Å². The Labute approximate surface area is 182 Å². The molecular weight excluding hydrogens is 406 g/mol. The maximum atomic E-state index is 12.3. The van der Waals surface area contributed by atoms with Crippen LogP contribution in [0.5, 0.6) is 11.5 Å².